The number of thiophene rings is 1. The van der Waals surface area contributed by atoms with Crippen LogP contribution in [0.4, 0.5) is 10.2 Å². The summed E-state index contributed by atoms with van der Waals surface area (Å²) in [5, 5.41) is 8.19. The number of hydrogen-bond acceptors (Lipinski definition) is 6. The summed E-state index contributed by atoms with van der Waals surface area (Å²) in [7, 11) is -0.244. The summed E-state index contributed by atoms with van der Waals surface area (Å²) in [5.41, 5.74) is 0. The van der Waals surface area contributed by atoms with Crippen LogP contribution in [0.5, 0.6) is 0 Å². The van der Waals surface area contributed by atoms with Gasteiger partial charge in [0.25, 0.3) is 10.0 Å². The van der Waals surface area contributed by atoms with Crippen molar-refractivity contribution >= 4 is 57.1 Å². The van der Waals surface area contributed by atoms with E-state index in [0.717, 1.165) is 6.42 Å². The van der Waals surface area contributed by atoms with Crippen LogP contribution in [0.2, 0.25) is 0 Å². The lowest BCUT2D eigenvalue weighted by molar-refractivity contribution is 0.471. The predicted octanol–water partition coefficient (Wildman–Crippen LogP) is 1.96. The van der Waals surface area contributed by atoms with Gasteiger partial charge in [-0.1, -0.05) is 6.07 Å². The van der Waals surface area contributed by atoms with Crippen LogP contribution < -0.4 is 15.5 Å². The number of halogens is 2. The van der Waals surface area contributed by atoms with E-state index in [-0.39, 0.29) is 35.8 Å². The van der Waals surface area contributed by atoms with Crippen LogP contribution in [0.1, 0.15) is 6.42 Å². The number of guanidine groups is 1. The smallest absolute Gasteiger partial charge is 0.252 e. The molecule has 1 unspecified atom stereocenters. The topological polar surface area (TPSA) is 89.9 Å². The molecule has 0 aliphatic carbocycles. The molecule has 0 spiro atoms. The minimum atomic E-state index is -3.46. The molecule has 3 heterocycles. The number of nitrogens with zero attached hydrogens (tertiary/aromatic N) is 4. The first-order chi connectivity index (χ1) is 13.9. The first-order valence-electron chi connectivity index (χ1n) is 9.24. The van der Waals surface area contributed by atoms with Gasteiger partial charge in [-0.2, -0.15) is 4.31 Å². The van der Waals surface area contributed by atoms with E-state index in [4.69, 9.17) is 0 Å². The van der Waals surface area contributed by atoms with Crippen molar-refractivity contribution in [3.8, 4) is 0 Å². The first kappa shape index (κ1) is 24.8. The minimum Gasteiger partial charge on any atom is -0.355 e. The van der Waals surface area contributed by atoms with Crippen molar-refractivity contribution in [3.05, 3.63) is 41.7 Å². The number of likely N-dealkylation sites (N-methyl/N-ethyl adjacent to an activating group) is 1. The number of sulfonamides is 1. The molecule has 1 aliphatic heterocycles. The lowest BCUT2D eigenvalue weighted by atomic mass is 10.3. The van der Waals surface area contributed by atoms with Crippen molar-refractivity contribution in [2.75, 3.05) is 45.2 Å². The van der Waals surface area contributed by atoms with Gasteiger partial charge in [-0.15, -0.1) is 35.3 Å². The molecular weight excluding hydrogens is 542 g/mol. The molecule has 1 atom stereocenters. The largest absolute Gasteiger partial charge is 0.355 e. The summed E-state index contributed by atoms with van der Waals surface area (Å²) in [6.07, 6.45) is 2.41. The molecule has 8 nitrogen and oxygen atoms in total. The minimum absolute atomic E-state index is 0. The Morgan fingerprint density at radius 1 is 1.43 bits per heavy atom. The summed E-state index contributed by atoms with van der Waals surface area (Å²) >= 11 is 1.20. The highest BCUT2D eigenvalue weighted by Crippen LogP contribution is 2.21. The van der Waals surface area contributed by atoms with Crippen molar-refractivity contribution in [1.29, 1.82) is 0 Å². The normalized spacial score (nSPS) is 17.1. The maximum atomic E-state index is 13.9. The van der Waals surface area contributed by atoms with Crippen molar-refractivity contribution in [1.82, 2.24) is 19.9 Å². The average molecular weight is 568 g/mol. The molecule has 12 heteroatoms. The van der Waals surface area contributed by atoms with Gasteiger partial charge in [0.05, 0.1) is 0 Å². The van der Waals surface area contributed by atoms with Crippen LogP contribution in [-0.2, 0) is 10.0 Å². The number of hydrogen-bond donors (Lipinski definition) is 2. The van der Waals surface area contributed by atoms with Gasteiger partial charge >= 0.3 is 0 Å². The van der Waals surface area contributed by atoms with E-state index in [0.29, 0.717) is 42.2 Å². The zero-order chi connectivity index (χ0) is 20.9. The summed E-state index contributed by atoms with van der Waals surface area (Å²) in [6.45, 7) is 2.02. The Bertz CT molecular complexity index is 942. The zero-order valence-corrected chi connectivity index (χ0v) is 20.7. The Labute approximate surface area is 197 Å². The van der Waals surface area contributed by atoms with Crippen LogP contribution in [-0.4, -0.2) is 70.0 Å². The van der Waals surface area contributed by atoms with E-state index in [9.17, 15) is 12.8 Å². The molecular formula is C18H26FIN6O2S2. The molecule has 1 saturated heterocycles. The number of rotatable bonds is 7. The van der Waals surface area contributed by atoms with Crippen molar-refractivity contribution in [2.45, 2.75) is 16.7 Å². The molecule has 30 heavy (non-hydrogen) atoms. The number of aliphatic imine (C=N–C) groups is 1. The van der Waals surface area contributed by atoms with Gasteiger partial charge < -0.3 is 15.5 Å². The molecule has 0 saturated carbocycles. The van der Waals surface area contributed by atoms with Gasteiger partial charge in [0, 0.05) is 52.5 Å². The number of nitrogens with one attached hydrogen (secondary N) is 2. The molecule has 2 N–H and O–H groups in total. The second-order valence-electron chi connectivity index (χ2n) is 6.64. The van der Waals surface area contributed by atoms with Crippen LogP contribution in [0.25, 0.3) is 0 Å². The van der Waals surface area contributed by atoms with E-state index in [2.05, 4.69) is 20.6 Å². The highest BCUT2D eigenvalue weighted by atomic mass is 127. The van der Waals surface area contributed by atoms with E-state index >= 15 is 0 Å². The second-order valence-corrected chi connectivity index (χ2v) is 9.86. The van der Waals surface area contributed by atoms with Crippen LogP contribution in [0.3, 0.4) is 0 Å². The van der Waals surface area contributed by atoms with Gasteiger partial charge in [0.15, 0.2) is 17.6 Å². The fourth-order valence-electron chi connectivity index (χ4n) is 3.08. The van der Waals surface area contributed by atoms with E-state index in [1.807, 2.05) is 4.90 Å². The van der Waals surface area contributed by atoms with Gasteiger partial charge in [-0.3, -0.25) is 4.99 Å². The molecule has 1 fully saturated rings. The van der Waals surface area contributed by atoms with Gasteiger partial charge in [0.2, 0.25) is 0 Å². The quantitative estimate of drug-likeness (QED) is 0.302. The van der Waals surface area contributed by atoms with Crippen LogP contribution in [0, 0.1) is 5.82 Å². The number of anilines is 1. The fourth-order valence-corrected chi connectivity index (χ4v) is 5.46. The van der Waals surface area contributed by atoms with E-state index in [1.54, 1.807) is 43.9 Å². The summed E-state index contributed by atoms with van der Waals surface area (Å²) in [6, 6.07) is 6.39. The lowest BCUT2D eigenvalue weighted by Crippen LogP contribution is -2.46. The molecule has 2 aromatic heterocycles. The Hall–Kier alpha value is -1.51. The molecule has 0 bridgehead atoms. The Kier molecular flexibility index (Phi) is 9.25. The van der Waals surface area contributed by atoms with E-state index in [1.165, 1.54) is 21.7 Å². The van der Waals surface area contributed by atoms with E-state index < -0.39 is 10.0 Å². The molecule has 0 aromatic carbocycles. The summed E-state index contributed by atoms with van der Waals surface area (Å²) in [5.74, 6) is 0.617. The van der Waals surface area contributed by atoms with Gasteiger partial charge in [-0.05, 0) is 30.0 Å². The Morgan fingerprint density at radius 2 is 2.23 bits per heavy atom. The average Bonchev–Trinajstić information content (AvgIpc) is 3.40. The predicted molar refractivity (Wildman–Crippen MR) is 129 cm³/mol. The molecule has 166 valence electrons. The lowest BCUT2D eigenvalue weighted by Gasteiger charge is -2.21. The summed E-state index contributed by atoms with van der Waals surface area (Å²) in [4.78, 5) is 10.2. The molecule has 0 amide bonds. The Morgan fingerprint density at radius 3 is 2.90 bits per heavy atom. The van der Waals surface area contributed by atoms with Crippen molar-refractivity contribution in [3.63, 3.8) is 0 Å². The van der Waals surface area contributed by atoms with Crippen molar-refractivity contribution < 1.29 is 12.8 Å². The maximum Gasteiger partial charge on any atom is 0.252 e. The van der Waals surface area contributed by atoms with Gasteiger partial charge in [0.1, 0.15) is 4.21 Å². The first-order valence-corrected chi connectivity index (χ1v) is 11.6. The third-order valence-electron chi connectivity index (χ3n) is 4.67. The maximum absolute atomic E-state index is 13.9. The SMILES string of the molecule is CN=C(NCCN(C)S(=O)(=O)c1cccs1)NC1CCN(c2ncccc2F)C1.I. The molecule has 1 aliphatic rings. The Balaban J connectivity index is 0.00000320. The highest BCUT2D eigenvalue weighted by molar-refractivity contribution is 14.0. The fraction of sp³-hybridized carbons (Fsp3) is 0.444. The van der Waals surface area contributed by atoms with Crippen LogP contribution in [0.15, 0.2) is 45.0 Å². The number of aromatic nitrogens is 1. The van der Waals surface area contributed by atoms with Gasteiger partial charge in [-0.25, -0.2) is 17.8 Å². The zero-order valence-electron chi connectivity index (χ0n) is 16.8. The number of pyridine rings is 1. The molecule has 0 radical (unpaired) electrons. The summed E-state index contributed by atoms with van der Waals surface area (Å²) < 4.78 is 40.4. The third-order valence-corrected chi connectivity index (χ3v) is 7.90. The van der Waals surface area contributed by atoms with Crippen LogP contribution >= 0.6 is 35.3 Å². The highest BCUT2D eigenvalue weighted by Gasteiger charge is 2.26. The molecule has 3 rings (SSSR count). The molecule has 2 aromatic rings. The monoisotopic (exact) mass is 568 g/mol. The second kappa shape index (κ2) is 11.2. The standard InChI is InChI=1S/C18H25FN6O2S2.HI/c1-20-18(22-9-11-24(2)29(26,27)16-6-4-12-28-16)23-14-7-10-25(13-14)17-15(19)5-3-8-21-17;/h3-6,8,12,14H,7,9-11,13H2,1-2H3,(H2,20,22,23);1H. The van der Waals surface area contributed by atoms with Crippen molar-refractivity contribution in [2.24, 2.45) is 4.99 Å². The third kappa shape index (κ3) is 6.02.